The molecule has 0 saturated carbocycles. The van der Waals surface area contributed by atoms with Gasteiger partial charge in [0.25, 0.3) is 5.91 Å². The molecule has 4 nitrogen and oxygen atoms in total. The van der Waals surface area contributed by atoms with E-state index < -0.39 is 6.10 Å². The molecule has 1 atom stereocenters. The van der Waals surface area contributed by atoms with Crippen molar-refractivity contribution in [1.29, 1.82) is 0 Å². The zero-order valence-electron chi connectivity index (χ0n) is 8.05. The summed E-state index contributed by atoms with van der Waals surface area (Å²) in [5.74, 6) is -0.284. The van der Waals surface area contributed by atoms with Crippen LogP contribution >= 0.6 is 0 Å². The predicted molar refractivity (Wildman–Crippen MR) is 53.4 cm³/mol. The first kappa shape index (κ1) is 9.73. The molecule has 1 aromatic carbocycles. The largest absolute Gasteiger partial charge is 0.388 e. The van der Waals surface area contributed by atoms with E-state index in [1.807, 2.05) is 30.3 Å². The Labute approximate surface area is 87.5 Å². The van der Waals surface area contributed by atoms with Crippen molar-refractivity contribution in [2.45, 2.75) is 12.7 Å². The van der Waals surface area contributed by atoms with E-state index in [2.05, 4.69) is 10.3 Å². The van der Waals surface area contributed by atoms with Crippen LogP contribution in [-0.4, -0.2) is 12.0 Å². The number of carbonyl (C=O) groups is 1. The van der Waals surface area contributed by atoms with Crippen LogP contribution in [0.2, 0.25) is 0 Å². The maximum absolute atomic E-state index is 11.2. The van der Waals surface area contributed by atoms with Gasteiger partial charge in [-0.15, -0.1) is 0 Å². The molecule has 0 bridgehead atoms. The number of rotatable bonds is 3. The lowest BCUT2D eigenvalue weighted by atomic mass is 10.2. The van der Waals surface area contributed by atoms with E-state index in [1.54, 1.807) is 6.08 Å². The lowest BCUT2D eigenvalue weighted by molar-refractivity contribution is -0.142. The normalized spacial score (nSPS) is 19.5. The Morgan fingerprint density at radius 1 is 1.33 bits per heavy atom. The third-order valence-corrected chi connectivity index (χ3v) is 2.01. The number of hydroxylamine groups is 1. The third kappa shape index (κ3) is 2.57. The van der Waals surface area contributed by atoms with Crippen molar-refractivity contribution in [1.82, 2.24) is 5.48 Å². The van der Waals surface area contributed by atoms with Gasteiger partial charge in [-0.25, -0.2) is 0 Å². The van der Waals surface area contributed by atoms with Crippen LogP contribution in [0.25, 0.3) is 0 Å². The highest BCUT2D eigenvalue weighted by Gasteiger charge is 2.19. The van der Waals surface area contributed by atoms with Gasteiger partial charge >= 0.3 is 0 Å². The van der Waals surface area contributed by atoms with Crippen molar-refractivity contribution in [2.24, 2.45) is 0 Å². The summed E-state index contributed by atoms with van der Waals surface area (Å²) in [6.45, 7) is 0.406. The maximum atomic E-state index is 11.2. The average Bonchev–Trinajstić information content (AvgIpc) is 2.29. The molecule has 0 fully saturated rings. The summed E-state index contributed by atoms with van der Waals surface area (Å²) in [6, 6.07) is 9.68. The number of hydrogen-bond acceptors (Lipinski definition) is 3. The van der Waals surface area contributed by atoms with Crippen molar-refractivity contribution < 1.29 is 14.4 Å². The SMILES string of the molecule is O=C1NOC=CC1OCc1ccccc1. The number of benzene rings is 1. The van der Waals surface area contributed by atoms with Gasteiger partial charge in [0, 0.05) is 0 Å². The zero-order valence-corrected chi connectivity index (χ0v) is 8.05. The third-order valence-electron chi connectivity index (χ3n) is 2.01. The van der Waals surface area contributed by atoms with Crippen LogP contribution < -0.4 is 5.48 Å². The zero-order chi connectivity index (χ0) is 10.5. The highest BCUT2D eigenvalue weighted by molar-refractivity contribution is 5.82. The van der Waals surface area contributed by atoms with Crippen LogP contribution in [0.4, 0.5) is 0 Å². The molecule has 0 aromatic heterocycles. The second kappa shape index (κ2) is 4.61. The highest BCUT2D eigenvalue weighted by atomic mass is 16.7. The van der Waals surface area contributed by atoms with Gasteiger partial charge in [0.15, 0.2) is 6.10 Å². The van der Waals surface area contributed by atoms with Gasteiger partial charge in [0.2, 0.25) is 0 Å². The lowest BCUT2D eigenvalue weighted by Crippen LogP contribution is -2.37. The molecule has 1 unspecified atom stereocenters. The summed E-state index contributed by atoms with van der Waals surface area (Å²) in [6.07, 6.45) is 2.40. The minimum Gasteiger partial charge on any atom is -0.388 e. The molecule has 1 aliphatic heterocycles. The van der Waals surface area contributed by atoms with Gasteiger partial charge in [-0.3, -0.25) is 4.79 Å². The second-order valence-electron chi connectivity index (χ2n) is 3.13. The summed E-state index contributed by atoms with van der Waals surface area (Å²) in [5.41, 5.74) is 3.25. The molecule has 4 heteroatoms. The minimum absolute atomic E-state index is 0.284. The van der Waals surface area contributed by atoms with Crippen LogP contribution in [-0.2, 0) is 21.0 Å². The summed E-state index contributed by atoms with van der Waals surface area (Å²) in [4.78, 5) is 15.8. The van der Waals surface area contributed by atoms with E-state index in [9.17, 15) is 4.79 Å². The first-order valence-corrected chi connectivity index (χ1v) is 4.64. The van der Waals surface area contributed by atoms with Gasteiger partial charge < -0.3 is 9.57 Å². The Morgan fingerprint density at radius 2 is 2.13 bits per heavy atom. The molecular weight excluding hydrogens is 194 g/mol. The van der Waals surface area contributed by atoms with Crippen molar-refractivity contribution in [3.8, 4) is 0 Å². The Bertz CT molecular complexity index is 361. The number of hydrogen-bond donors (Lipinski definition) is 1. The van der Waals surface area contributed by atoms with E-state index in [0.717, 1.165) is 5.56 Å². The van der Waals surface area contributed by atoms with E-state index >= 15 is 0 Å². The molecule has 0 radical (unpaired) electrons. The molecule has 1 aromatic rings. The number of ether oxygens (including phenoxy) is 1. The Hall–Kier alpha value is -1.81. The smallest absolute Gasteiger partial charge is 0.285 e. The first-order chi connectivity index (χ1) is 7.36. The molecule has 78 valence electrons. The van der Waals surface area contributed by atoms with E-state index in [1.165, 1.54) is 6.26 Å². The van der Waals surface area contributed by atoms with E-state index in [0.29, 0.717) is 6.61 Å². The predicted octanol–water partition coefficient (Wildman–Crippen LogP) is 1.15. The molecule has 1 heterocycles. The highest BCUT2D eigenvalue weighted by Crippen LogP contribution is 2.06. The second-order valence-corrected chi connectivity index (χ2v) is 3.13. The summed E-state index contributed by atoms with van der Waals surface area (Å²) in [7, 11) is 0. The Balaban J connectivity index is 1.90. The lowest BCUT2D eigenvalue weighted by Gasteiger charge is -2.16. The van der Waals surface area contributed by atoms with Gasteiger partial charge in [-0.05, 0) is 11.6 Å². The van der Waals surface area contributed by atoms with E-state index in [-0.39, 0.29) is 5.91 Å². The Kier molecular flexibility index (Phi) is 2.99. The van der Waals surface area contributed by atoms with Gasteiger partial charge in [-0.1, -0.05) is 30.3 Å². The number of amides is 1. The van der Waals surface area contributed by atoms with Gasteiger partial charge in [0.05, 0.1) is 6.61 Å². The van der Waals surface area contributed by atoms with Gasteiger partial charge in [-0.2, -0.15) is 5.48 Å². The molecule has 15 heavy (non-hydrogen) atoms. The van der Waals surface area contributed by atoms with Crippen molar-refractivity contribution in [2.75, 3.05) is 0 Å². The number of carbonyl (C=O) groups excluding carboxylic acids is 1. The first-order valence-electron chi connectivity index (χ1n) is 4.64. The molecule has 1 aliphatic rings. The Morgan fingerprint density at radius 3 is 2.87 bits per heavy atom. The van der Waals surface area contributed by atoms with E-state index in [4.69, 9.17) is 4.74 Å². The van der Waals surface area contributed by atoms with Crippen molar-refractivity contribution in [3.63, 3.8) is 0 Å². The fourth-order valence-corrected chi connectivity index (χ4v) is 1.24. The van der Waals surface area contributed by atoms with Crippen molar-refractivity contribution >= 4 is 5.91 Å². The molecule has 0 spiro atoms. The monoisotopic (exact) mass is 205 g/mol. The quantitative estimate of drug-likeness (QED) is 0.805. The molecule has 1 N–H and O–H groups in total. The van der Waals surface area contributed by atoms with Crippen LogP contribution in [0.1, 0.15) is 5.56 Å². The van der Waals surface area contributed by atoms with Crippen molar-refractivity contribution in [3.05, 3.63) is 48.2 Å². The molecule has 2 rings (SSSR count). The molecule has 1 amide bonds. The fourth-order valence-electron chi connectivity index (χ4n) is 1.24. The average molecular weight is 205 g/mol. The summed E-state index contributed by atoms with van der Waals surface area (Å²) < 4.78 is 5.40. The number of nitrogens with one attached hydrogen (secondary N) is 1. The topological polar surface area (TPSA) is 47.6 Å². The molecule has 0 saturated heterocycles. The molecular formula is C11H11NO3. The van der Waals surface area contributed by atoms with Crippen LogP contribution in [0, 0.1) is 0 Å². The fraction of sp³-hybridized carbons (Fsp3) is 0.182. The summed E-state index contributed by atoms with van der Waals surface area (Å²) in [5, 5.41) is 0. The van der Waals surface area contributed by atoms with Gasteiger partial charge in [0.1, 0.15) is 6.26 Å². The maximum Gasteiger partial charge on any atom is 0.285 e. The minimum atomic E-state index is -0.570. The van der Waals surface area contributed by atoms with Crippen LogP contribution in [0.3, 0.4) is 0 Å². The van der Waals surface area contributed by atoms with Crippen LogP contribution in [0.15, 0.2) is 42.7 Å². The standard InChI is InChI=1S/C11H11NO3/c13-11-10(6-7-15-12-11)14-8-9-4-2-1-3-5-9/h1-7,10H,8H2,(H,12,13). The van der Waals surface area contributed by atoms with Crippen LogP contribution in [0.5, 0.6) is 0 Å². The molecule has 0 aliphatic carbocycles. The summed E-state index contributed by atoms with van der Waals surface area (Å²) >= 11 is 0.